The van der Waals surface area contributed by atoms with Crippen LogP contribution in [0.1, 0.15) is 16.8 Å². The van der Waals surface area contributed by atoms with Gasteiger partial charge in [0.2, 0.25) is 0 Å². The van der Waals surface area contributed by atoms with Crippen molar-refractivity contribution in [1.82, 2.24) is 0 Å². The quantitative estimate of drug-likeness (QED) is 0.469. The first-order valence-electron chi connectivity index (χ1n) is 3.64. The zero-order valence-corrected chi connectivity index (χ0v) is 8.86. The number of aryl methyl sites for hydroxylation is 1. The van der Waals surface area contributed by atoms with E-state index < -0.39 is 0 Å². The zero-order valence-electron chi connectivity index (χ0n) is 7.21. The molecule has 13 heavy (non-hydrogen) atoms. The molecule has 0 aromatic carbocycles. The first-order chi connectivity index (χ1) is 5.70. The third-order valence-electron chi connectivity index (χ3n) is 1.82. The molecule has 5 heteroatoms. The highest BCUT2D eigenvalue weighted by Gasteiger charge is 2.11. The van der Waals surface area contributed by atoms with E-state index in [0.717, 1.165) is 5.69 Å². The average Bonchev–Trinajstić information content (AvgIpc) is 2.09. The van der Waals surface area contributed by atoms with Gasteiger partial charge in [0.1, 0.15) is 0 Å². The SMILES string of the molecule is Cc1[nH+]cc(CO)c(CO)c1S.[Cl-]. The summed E-state index contributed by atoms with van der Waals surface area (Å²) in [7, 11) is 0. The third-order valence-corrected chi connectivity index (χ3v) is 2.43. The Balaban J connectivity index is 0.00000144. The molecular formula is C8H12ClNO2S. The summed E-state index contributed by atoms with van der Waals surface area (Å²) in [5.74, 6) is 0. The lowest BCUT2D eigenvalue weighted by molar-refractivity contribution is -0.392. The molecule has 0 saturated heterocycles. The summed E-state index contributed by atoms with van der Waals surface area (Å²) in [6, 6.07) is 0. The van der Waals surface area contributed by atoms with Gasteiger partial charge < -0.3 is 22.6 Å². The maximum absolute atomic E-state index is 8.98. The molecule has 0 unspecified atom stereocenters. The van der Waals surface area contributed by atoms with Gasteiger partial charge in [0, 0.05) is 18.1 Å². The zero-order chi connectivity index (χ0) is 9.14. The van der Waals surface area contributed by atoms with Crippen molar-refractivity contribution in [3.05, 3.63) is 23.0 Å². The number of aromatic amines is 1. The van der Waals surface area contributed by atoms with E-state index in [-0.39, 0.29) is 25.6 Å². The largest absolute Gasteiger partial charge is 1.00 e. The van der Waals surface area contributed by atoms with Gasteiger partial charge in [-0.2, -0.15) is 0 Å². The Morgan fingerprint density at radius 1 is 1.38 bits per heavy atom. The minimum Gasteiger partial charge on any atom is -1.00 e. The van der Waals surface area contributed by atoms with Crippen LogP contribution in [0.15, 0.2) is 11.1 Å². The normalized spacial score (nSPS) is 9.54. The van der Waals surface area contributed by atoms with Crippen molar-refractivity contribution in [3.63, 3.8) is 0 Å². The van der Waals surface area contributed by atoms with E-state index in [0.29, 0.717) is 16.0 Å². The number of aliphatic hydroxyl groups excluding tert-OH is 2. The molecule has 0 amide bonds. The van der Waals surface area contributed by atoms with Crippen molar-refractivity contribution < 1.29 is 27.6 Å². The molecule has 3 nitrogen and oxygen atoms in total. The van der Waals surface area contributed by atoms with Crippen LogP contribution in [0.2, 0.25) is 0 Å². The van der Waals surface area contributed by atoms with Crippen LogP contribution in [0.25, 0.3) is 0 Å². The molecule has 0 aliphatic rings. The Kier molecular flexibility index (Phi) is 5.32. The summed E-state index contributed by atoms with van der Waals surface area (Å²) in [5, 5.41) is 17.9. The second-order valence-electron chi connectivity index (χ2n) is 2.58. The number of aliphatic hydroxyl groups is 2. The fourth-order valence-electron chi connectivity index (χ4n) is 1.05. The second kappa shape index (κ2) is 5.44. The Morgan fingerprint density at radius 3 is 2.46 bits per heavy atom. The first kappa shape index (κ1) is 12.7. The number of rotatable bonds is 2. The molecule has 0 aliphatic heterocycles. The summed E-state index contributed by atoms with van der Waals surface area (Å²) in [6.07, 6.45) is 1.68. The number of pyridine rings is 1. The van der Waals surface area contributed by atoms with Gasteiger partial charge in [-0.25, -0.2) is 4.98 Å². The molecular weight excluding hydrogens is 210 g/mol. The maximum atomic E-state index is 8.98. The number of nitrogens with one attached hydrogen (secondary N) is 1. The van der Waals surface area contributed by atoms with Crippen molar-refractivity contribution in [2.45, 2.75) is 25.0 Å². The van der Waals surface area contributed by atoms with Crippen LogP contribution in [0.4, 0.5) is 0 Å². The van der Waals surface area contributed by atoms with Crippen LogP contribution in [0.3, 0.4) is 0 Å². The highest BCUT2D eigenvalue weighted by molar-refractivity contribution is 7.80. The van der Waals surface area contributed by atoms with Gasteiger partial charge in [0.15, 0.2) is 11.9 Å². The number of halogens is 1. The molecule has 0 atom stereocenters. The van der Waals surface area contributed by atoms with Gasteiger partial charge in [-0.05, 0) is 0 Å². The van der Waals surface area contributed by atoms with E-state index in [1.165, 1.54) is 0 Å². The standard InChI is InChI=1S/C8H11NO2S.ClH/c1-5-8(12)7(4-11)6(3-10)2-9-5;/h2,10-12H,3-4H2,1H3;1H. The summed E-state index contributed by atoms with van der Waals surface area (Å²) in [6.45, 7) is 1.69. The molecule has 3 N–H and O–H groups in total. The molecule has 1 rings (SSSR count). The van der Waals surface area contributed by atoms with Crippen LogP contribution < -0.4 is 17.4 Å². The van der Waals surface area contributed by atoms with Crippen LogP contribution in [-0.4, -0.2) is 10.2 Å². The van der Waals surface area contributed by atoms with Crippen LogP contribution >= 0.6 is 12.6 Å². The van der Waals surface area contributed by atoms with Crippen molar-refractivity contribution in [1.29, 1.82) is 0 Å². The predicted octanol–water partition coefficient (Wildman–Crippen LogP) is -2.91. The monoisotopic (exact) mass is 221 g/mol. The van der Waals surface area contributed by atoms with E-state index >= 15 is 0 Å². The van der Waals surface area contributed by atoms with Crippen LogP contribution in [-0.2, 0) is 13.2 Å². The van der Waals surface area contributed by atoms with Gasteiger partial charge in [-0.15, -0.1) is 12.6 Å². The topological polar surface area (TPSA) is 54.6 Å². The van der Waals surface area contributed by atoms with Gasteiger partial charge in [-0.1, -0.05) is 0 Å². The molecule has 0 saturated carbocycles. The molecule has 1 heterocycles. The number of H-pyrrole nitrogens is 1. The van der Waals surface area contributed by atoms with Crippen molar-refractivity contribution in [3.8, 4) is 0 Å². The lowest BCUT2D eigenvalue weighted by Crippen LogP contribution is -3.00. The van der Waals surface area contributed by atoms with E-state index in [1.807, 2.05) is 6.92 Å². The van der Waals surface area contributed by atoms with E-state index in [1.54, 1.807) is 6.20 Å². The lowest BCUT2D eigenvalue weighted by Gasteiger charge is -2.04. The smallest absolute Gasteiger partial charge is 0.190 e. The highest BCUT2D eigenvalue weighted by atomic mass is 35.5. The van der Waals surface area contributed by atoms with Gasteiger partial charge in [0.05, 0.1) is 18.1 Å². The molecule has 0 aliphatic carbocycles. The minimum absolute atomic E-state index is 0. The second-order valence-corrected chi connectivity index (χ2v) is 3.03. The maximum Gasteiger partial charge on any atom is 0.190 e. The fraction of sp³-hybridized carbons (Fsp3) is 0.375. The van der Waals surface area contributed by atoms with Crippen LogP contribution in [0, 0.1) is 6.92 Å². The summed E-state index contributed by atoms with van der Waals surface area (Å²) in [5.41, 5.74) is 2.27. The molecule has 0 spiro atoms. The first-order valence-corrected chi connectivity index (χ1v) is 4.09. The summed E-state index contributed by atoms with van der Waals surface area (Å²) < 4.78 is 0. The Bertz CT molecular complexity index is 294. The summed E-state index contributed by atoms with van der Waals surface area (Å²) >= 11 is 4.21. The van der Waals surface area contributed by atoms with Crippen LogP contribution in [0.5, 0.6) is 0 Å². The van der Waals surface area contributed by atoms with Crippen molar-refractivity contribution >= 4 is 12.6 Å². The van der Waals surface area contributed by atoms with Crippen molar-refractivity contribution in [2.75, 3.05) is 0 Å². The number of aromatic nitrogens is 1. The van der Waals surface area contributed by atoms with Crippen molar-refractivity contribution in [2.24, 2.45) is 0 Å². The number of thiol groups is 1. The van der Waals surface area contributed by atoms with Gasteiger partial charge in [0.25, 0.3) is 0 Å². The third kappa shape index (κ3) is 2.57. The Hall–Kier alpha value is -0.290. The molecule has 0 fully saturated rings. The number of hydrogen-bond acceptors (Lipinski definition) is 3. The molecule has 1 aromatic heterocycles. The lowest BCUT2D eigenvalue weighted by atomic mass is 10.1. The minimum atomic E-state index is -0.0930. The molecule has 1 aromatic rings. The number of hydrogen-bond donors (Lipinski definition) is 3. The predicted molar refractivity (Wildman–Crippen MR) is 46.8 cm³/mol. The molecule has 0 radical (unpaired) electrons. The highest BCUT2D eigenvalue weighted by Crippen LogP contribution is 2.18. The average molecular weight is 222 g/mol. The van der Waals surface area contributed by atoms with E-state index in [2.05, 4.69) is 17.6 Å². The fourth-order valence-corrected chi connectivity index (χ4v) is 1.33. The van der Waals surface area contributed by atoms with Gasteiger partial charge in [-0.3, -0.25) is 0 Å². The van der Waals surface area contributed by atoms with E-state index in [9.17, 15) is 0 Å². The molecule has 74 valence electrons. The molecule has 0 bridgehead atoms. The Morgan fingerprint density at radius 2 is 2.00 bits per heavy atom. The summed E-state index contributed by atoms with van der Waals surface area (Å²) in [4.78, 5) is 3.66. The van der Waals surface area contributed by atoms with E-state index in [4.69, 9.17) is 10.2 Å². The Labute approximate surface area is 88.6 Å². The van der Waals surface area contributed by atoms with Gasteiger partial charge >= 0.3 is 0 Å².